The normalized spacial score (nSPS) is 12.3. The quantitative estimate of drug-likeness (QED) is 0.581. The first-order valence-corrected chi connectivity index (χ1v) is 8.49. The molecule has 1 aromatic carbocycles. The molecule has 2 aromatic rings. The van der Waals surface area contributed by atoms with Gasteiger partial charge in [0.1, 0.15) is 11.8 Å². The molecule has 1 heterocycles. The molecule has 0 saturated carbocycles. The minimum Gasteiger partial charge on any atom is -0.461 e. The highest BCUT2D eigenvalue weighted by atomic mass is 35.5. The van der Waals surface area contributed by atoms with E-state index in [2.05, 4.69) is 11.9 Å². The number of thioether (sulfide) groups is 1. The zero-order valence-electron chi connectivity index (χ0n) is 12.1. The Hall–Kier alpha value is -1.26. The number of hydrogen-bond acceptors (Lipinski definition) is 4. The Bertz CT molecular complexity index is 633. The van der Waals surface area contributed by atoms with Gasteiger partial charge < -0.3 is 4.74 Å². The molecular weight excluding hydrogens is 306 g/mol. The van der Waals surface area contributed by atoms with E-state index in [1.807, 2.05) is 36.6 Å². The third kappa shape index (κ3) is 4.61. The fraction of sp³-hybridized carbons (Fsp3) is 0.375. The molecule has 3 nitrogen and oxygen atoms in total. The Morgan fingerprint density at radius 2 is 2.19 bits per heavy atom. The molecule has 5 heteroatoms. The Morgan fingerprint density at radius 1 is 1.43 bits per heavy atom. The minimum absolute atomic E-state index is 0.170. The number of rotatable bonds is 6. The van der Waals surface area contributed by atoms with Crippen molar-refractivity contribution in [3.8, 4) is 0 Å². The van der Waals surface area contributed by atoms with Crippen LogP contribution in [-0.4, -0.2) is 22.5 Å². The third-order valence-electron chi connectivity index (χ3n) is 3.30. The number of carbonyl (C=O) groups is 1. The average molecular weight is 324 g/mol. The maximum absolute atomic E-state index is 11.7. The number of para-hydroxylation sites is 1. The van der Waals surface area contributed by atoms with Gasteiger partial charge in [0.05, 0.1) is 5.52 Å². The van der Waals surface area contributed by atoms with Crippen molar-refractivity contribution in [3.05, 3.63) is 41.0 Å². The van der Waals surface area contributed by atoms with Crippen LogP contribution in [0, 0.1) is 0 Å². The van der Waals surface area contributed by atoms with Crippen LogP contribution in [0.3, 0.4) is 0 Å². The molecule has 1 atom stereocenters. The summed E-state index contributed by atoms with van der Waals surface area (Å²) in [6, 6.07) is 9.64. The van der Waals surface area contributed by atoms with Crippen LogP contribution in [0.15, 0.2) is 30.3 Å². The zero-order chi connectivity index (χ0) is 15.2. The number of esters is 1. The van der Waals surface area contributed by atoms with Gasteiger partial charge in [0.15, 0.2) is 0 Å². The molecule has 1 unspecified atom stereocenters. The van der Waals surface area contributed by atoms with E-state index in [9.17, 15) is 4.79 Å². The SMILES string of the molecule is CSC(C)CCC(=O)OCc1cc2ccccc2nc1Cl. The molecule has 0 spiro atoms. The minimum atomic E-state index is -0.194. The maximum Gasteiger partial charge on any atom is 0.306 e. The van der Waals surface area contributed by atoms with Crippen LogP contribution in [-0.2, 0) is 16.1 Å². The van der Waals surface area contributed by atoms with Crippen molar-refractivity contribution in [2.24, 2.45) is 0 Å². The highest BCUT2D eigenvalue weighted by Gasteiger charge is 2.10. The van der Waals surface area contributed by atoms with Gasteiger partial charge in [-0.1, -0.05) is 36.7 Å². The fourth-order valence-corrected chi connectivity index (χ4v) is 2.46. The number of fused-ring (bicyclic) bond motifs is 1. The van der Waals surface area contributed by atoms with Crippen molar-refractivity contribution >= 4 is 40.2 Å². The maximum atomic E-state index is 11.7. The third-order valence-corrected chi connectivity index (χ3v) is 4.66. The summed E-state index contributed by atoms with van der Waals surface area (Å²) < 4.78 is 5.28. The van der Waals surface area contributed by atoms with Crippen molar-refractivity contribution in [2.75, 3.05) is 6.26 Å². The van der Waals surface area contributed by atoms with Gasteiger partial charge in [0.25, 0.3) is 0 Å². The molecule has 0 fully saturated rings. The molecule has 0 radical (unpaired) electrons. The van der Waals surface area contributed by atoms with Crippen molar-refractivity contribution in [3.63, 3.8) is 0 Å². The lowest BCUT2D eigenvalue weighted by atomic mass is 10.2. The van der Waals surface area contributed by atoms with E-state index >= 15 is 0 Å². The van der Waals surface area contributed by atoms with Gasteiger partial charge in [-0.2, -0.15) is 11.8 Å². The van der Waals surface area contributed by atoms with E-state index in [4.69, 9.17) is 16.3 Å². The van der Waals surface area contributed by atoms with Crippen molar-refractivity contribution in [1.29, 1.82) is 0 Å². The second-order valence-electron chi connectivity index (χ2n) is 4.88. The van der Waals surface area contributed by atoms with E-state index in [-0.39, 0.29) is 12.6 Å². The summed E-state index contributed by atoms with van der Waals surface area (Å²) >= 11 is 7.88. The standard InChI is InChI=1S/C16H18ClNO2S/c1-11(21-2)7-8-15(19)20-10-13-9-12-5-3-4-6-14(12)18-16(13)17/h3-6,9,11H,7-8,10H2,1-2H3. The molecule has 0 bridgehead atoms. The first-order valence-electron chi connectivity index (χ1n) is 6.82. The van der Waals surface area contributed by atoms with Crippen LogP contribution >= 0.6 is 23.4 Å². The van der Waals surface area contributed by atoms with Crippen LogP contribution in [0.2, 0.25) is 5.15 Å². The lowest BCUT2D eigenvalue weighted by molar-refractivity contribution is -0.145. The molecule has 1 aromatic heterocycles. The predicted molar refractivity (Wildman–Crippen MR) is 88.8 cm³/mol. The summed E-state index contributed by atoms with van der Waals surface area (Å²) in [6.07, 6.45) is 3.29. The van der Waals surface area contributed by atoms with Crippen molar-refractivity contribution in [1.82, 2.24) is 4.98 Å². The summed E-state index contributed by atoms with van der Waals surface area (Å²) in [5.74, 6) is -0.194. The van der Waals surface area contributed by atoms with Gasteiger partial charge in [-0.25, -0.2) is 4.98 Å². The second kappa shape index (κ2) is 7.66. The molecule has 2 rings (SSSR count). The van der Waals surface area contributed by atoms with Crippen LogP contribution in [0.5, 0.6) is 0 Å². The van der Waals surface area contributed by atoms with Crippen molar-refractivity contribution < 1.29 is 9.53 Å². The second-order valence-corrected chi connectivity index (χ2v) is 6.51. The van der Waals surface area contributed by atoms with Crippen LogP contribution in [0.25, 0.3) is 10.9 Å². The fourth-order valence-electron chi connectivity index (χ4n) is 1.91. The number of carbonyl (C=O) groups excluding carboxylic acids is 1. The molecule has 0 amide bonds. The zero-order valence-corrected chi connectivity index (χ0v) is 13.7. The number of nitrogens with zero attached hydrogens (tertiary/aromatic N) is 1. The summed E-state index contributed by atoms with van der Waals surface area (Å²) in [5, 5.41) is 1.84. The number of benzene rings is 1. The predicted octanol–water partition coefficient (Wildman–Crippen LogP) is 4.46. The van der Waals surface area contributed by atoms with Crippen molar-refractivity contribution in [2.45, 2.75) is 31.6 Å². The summed E-state index contributed by atoms with van der Waals surface area (Å²) in [6.45, 7) is 2.27. The Balaban J connectivity index is 1.97. The molecule has 112 valence electrons. The summed E-state index contributed by atoms with van der Waals surface area (Å²) in [7, 11) is 0. The summed E-state index contributed by atoms with van der Waals surface area (Å²) in [5.41, 5.74) is 1.58. The van der Waals surface area contributed by atoms with Crippen LogP contribution in [0.4, 0.5) is 0 Å². The number of aromatic nitrogens is 1. The number of pyridine rings is 1. The Morgan fingerprint density at radius 3 is 2.95 bits per heavy atom. The molecule has 21 heavy (non-hydrogen) atoms. The first-order chi connectivity index (χ1) is 10.1. The monoisotopic (exact) mass is 323 g/mol. The first kappa shape index (κ1) is 16.1. The van der Waals surface area contributed by atoms with Gasteiger partial charge in [0.2, 0.25) is 0 Å². The number of ether oxygens (including phenoxy) is 1. The lowest BCUT2D eigenvalue weighted by Crippen LogP contribution is -2.08. The van der Waals surface area contributed by atoms with Gasteiger partial charge in [-0.15, -0.1) is 0 Å². The smallest absolute Gasteiger partial charge is 0.306 e. The molecule has 0 aliphatic rings. The van der Waals surface area contributed by atoms with E-state index in [0.717, 1.165) is 22.9 Å². The summed E-state index contributed by atoms with van der Waals surface area (Å²) in [4.78, 5) is 16.0. The van der Waals surface area contributed by atoms with E-state index in [0.29, 0.717) is 16.8 Å². The van der Waals surface area contributed by atoms with Gasteiger partial charge in [0, 0.05) is 22.6 Å². The molecule has 0 aliphatic carbocycles. The Labute approximate surface area is 134 Å². The van der Waals surface area contributed by atoms with E-state index in [1.165, 1.54) is 0 Å². The van der Waals surface area contributed by atoms with E-state index in [1.54, 1.807) is 11.8 Å². The topological polar surface area (TPSA) is 39.2 Å². The number of hydrogen-bond donors (Lipinski definition) is 0. The average Bonchev–Trinajstić information content (AvgIpc) is 2.50. The molecule has 0 N–H and O–H groups in total. The molecule has 0 aliphatic heterocycles. The van der Waals surface area contributed by atoms with Crippen LogP contribution < -0.4 is 0 Å². The van der Waals surface area contributed by atoms with Gasteiger partial charge >= 0.3 is 5.97 Å². The van der Waals surface area contributed by atoms with Gasteiger partial charge in [-0.3, -0.25) is 4.79 Å². The highest BCUT2D eigenvalue weighted by Crippen LogP contribution is 2.21. The largest absolute Gasteiger partial charge is 0.461 e. The van der Waals surface area contributed by atoms with Crippen LogP contribution in [0.1, 0.15) is 25.3 Å². The van der Waals surface area contributed by atoms with Gasteiger partial charge in [-0.05, 0) is 24.8 Å². The molecule has 0 saturated heterocycles. The number of halogens is 1. The Kier molecular flexibility index (Phi) is 5.88. The lowest BCUT2D eigenvalue weighted by Gasteiger charge is -2.09. The van der Waals surface area contributed by atoms with E-state index < -0.39 is 0 Å². The molecular formula is C16H18ClNO2S. The highest BCUT2D eigenvalue weighted by molar-refractivity contribution is 7.99.